The Bertz CT molecular complexity index is 4680. The Morgan fingerprint density at radius 1 is 0.355 bits per heavy atom. The number of ether oxygens (including phenoxy) is 4. The molecule has 640 valence electrons. The molecule has 4 aliphatic heterocycles. The normalized spacial score (nSPS) is 18.3. The number of carbonyl (C=O) groups is 12. The number of anilines is 4. The van der Waals surface area contributed by atoms with E-state index in [2.05, 4.69) is 80.2 Å². The van der Waals surface area contributed by atoms with Crippen LogP contribution in [-0.2, 0) is 38.4 Å². The quantitative estimate of drug-likeness (QED) is 0.0429. The summed E-state index contributed by atoms with van der Waals surface area (Å²) in [5, 5.41) is 21.5. The summed E-state index contributed by atoms with van der Waals surface area (Å²) in [5.74, 6) is -8.54. The Hall–Kier alpha value is -14.0. The number of likely N-dealkylation sites (tertiary alicyclic amines) is 3. The van der Waals surface area contributed by atoms with Crippen LogP contribution in [0.1, 0.15) is 190 Å². The number of nitrogens with zero attached hydrogens (tertiary/aromatic N) is 11. The van der Waals surface area contributed by atoms with Crippen LogP contribution in [0.4, 0.5) is 22.7 Å². The summed E-state index contributed by atoms with van der Waals surface area (Å²) < 4.78 is 19.7. The average molecular weight is 1660 g/mol. The van der Waals surface area contributed by atoms with E-state index < -0.39 is 70.9 Å². The van der Waals surface area contributed by atoms with Crippen molar-refractivity contribution in [1.82, 2.24) is 59.9 Å². The van der Waals surface area contributed by atoms with Crippen molar-refractivity contribution in [3.63, 3.8) is 0 Å². The van der Waals surface area contributed by atoms with Gasteiger partial charge in [-0.05, 0) is 180 Å². The molecule has 11 amide bonds. The summed E-state index contributed by atoms with van der Waals surface area (Å²) in [4.78, 5) is 182. The predicted octanol–water partition coefficient (Wildman–Crippen LogP) is 7.16. The lowest BCUT2D eigenvalue weighted by atomic mass is 9.90. The number of aryl methyl sites for hydroxylation is 4. The molecule has 37 heteroatoms. The van der Waals surface area contributed by atoms with Gasteiger partial charge in [0.25, 0.3) is 23.6 Å². The van der Waals surface area contributed by atoms with Crippen molar-refractivity contribution in [1.29, 1.82) is 0 Å². The number of pyridine rings is 8. The van der Waals surface area contributed by atoms with Gasteiger partial charge in [0, 0.05) is 73.2 Å². The number of carboxylic acids is 1. The molecule has 0 spiro atoms. The highest BCUT2D eigenvalue weighted by atomic mass is 16.5. The van der Waals surface area contributed by atoms with Gasteiger partial charge in [0.05, 0.1) is 94.1 Å². The zero-order valence-electron chi connectivity index (χ0n) is 69.4. The highest BCUT2D eigenvalue weighted by Crippen LogP contribution is 2.37. The van der Waals surface area contributed by atoms with Crippen LogP contribution >= 0.6 is 0 Å². The third-order valence-corrected chi connectivity index (χ3v) is 20.2. The largest absolute Gasteiger partial charge is 0.480 e. The van der Waals surface area contributed by atoms with Crippen LogP contribution in [-0.4, -0.2) is 185 Å². The Kier molecular flexibility index (Phi) is 33.2. The van der Waals surface area contributed by atoms with Crippen molar-refractivity contribution in [2.24, 2.45) is 46.6 Å². The first-order valence-corrected chi connectivity index (χ1v) is 38.8. The zero-order valence-corrected chi connectivity index (χ0v) is 69.4. The molecule has 0 saturated carbocycles. The summed E-state index contributed by atoms with van der Waals surface area (Å²) in [7, 11) is 5.36. The van der Waals surface area contributed by atoms with E-state index in [1.807, 2.05) is 96.4 Å². The van der Waals surface area contributed by atoms with E-state index in [-0.39, 0.29) is 104 Å². The van der Waals surface area contributed by atoms with Gasteiger partial charge in [0.15, 0.2) is 0 Å². The maximum atomic E-state index is 13.0. The number of rotatable bonds is 16. The van der Waals surface area contributed by atoms with Crippen molar-refractivity contribution < 1.29 is 81.6 Å². The Labute approximate surface area is 698 Å². The van der Waals surface area contributed by atoms with Crippen molar-refractivity contribution in [2.45, 2.75) is 131 Å². The van der Waals surface area contributed by atoms with Crippen LogP contribution in [0.15, 0.2) is 122 Å². The fraction of sp³-hybridized carbons (Fsp3) is 0.381. The smallest absolute Gasteiger partial charge is 0.394 e. The Morgan fingerprint density at radius 3 is 0.835 bits per heavy atom. The number of primary amides is 4. The lowest BCUT2D eigenvalue weighted by Gasteiger charge is -2.38. The highest BCUT2D eigenvalue weighted by Gasteiger charge is 2.38. The molecule has 12 rings (SSSR count). The molecule has 0 radical (unpaired) electrons. The maximum absolute atomic E-state index is 13.0. The van der Waals surface area contributed by atoms with Crippen molar-refractivity contribution in [3.05, 3.63) is 190 Å². The van der Waals surface area contributed by atoms with E-state index in [9.17, 15) is 57.5 Å². The number of hydrogen-bond acceptors (Lipinski definition) is 25. The number of nitrogens with one attached hydrogen (secondary N) is 5. The maximum Gasteiger partial charge on any atom is 0.394 e. The first kappa shape index (κ1) is 92.5. The van der Waals surface area contributed by atoms with Gasteiger partial charge < -0.3 is 88.3 Å². The van der Waals surface area contributed by atoms with Gasteiger partial charge in [-0.15, -0.1) is 0 Å². The van der Waals surface area contributed by atoms with Crippen LogP contribution in [0.25, 0.3) is 0 Å². The Balaban J connectivity index is 0.000000193. The molecule has 8 atom stereocenters. The second kappa shape index (κ2) is 43.5. The number of amides is 11. The van der Waals surface area contributed by atoms with Crippen molar-refractivity contribution in [2.75, 3.05) is 75.9 Å². The molecule has 0 aliphatic carbocycles. The molecule has 4 saturated heterocycles. The van der Waals surface area contributed by atoms with Crippen LogP contribution in [0.2, 0.25) is 0 Å². The minimum atomic E-state index is -1.65. The third-order valence-electron chi connectivity index (χ3n) is 20.2. The van der Waals surface area contributed by atoms with Gasteiger partial charge >= 0.3 is 47.3 Å². The van der Waals surface area contributed by atoms with Crippen molar-refractivity contribution >= 4 is 93.7 Å². The topological polar surface area (TPSA) is 539 Å². The summed E-state index contributed by atoms with van der Waals surface area (Å²) in [6.45, 7) is 18.7. The molecule has 121 heavy (non-hydrogen) atoms. The van der Waals surface area contributed by atoms with E-state index in [0.29, 0.717) is 25.7 Å². The zero-order chi connectivity index (χ0) is 88.5. The van der Waals surface area contributed by atoms with E-state index >= 15 is 0 Å². The molecule has 14 N–H and O–H groups in total. The standard InChI is InChI=1S/3C21H25N5O4.C12H18N2.C9H9N3O5/c3*1-12-4-7-17(14-6-5-13(2)23-9-14)26(11-12)21(29)19(28)25-15-8-16(18(22)27)20(30-3)24-10-15;1-9-3-6-12(14-7-9)11-5-4-10(2)13-8-11;1-17-8-5(6(10)13)2-4(3-11-8)12-7(14)9(15)16/h3*5-6,8-10,12,17H,4,7,11H2,1-3H3,(H2,22,27)(H,25,28);4-5,8-9,12,14H,3,6-7H2,1-2H3;2-3H,1H3,(H2,10,13)(H,12,14)(H,15,16)/t3*12-,17+;9-,12+;/m1000./s1. The molecular weight excluding hydrogens is 1560 g/mol. The first-order valence-electron chi connectivity index (χ1n) is 38.8. The molecule has 8 aromatic rings. The van der Waals surface area contributed by atoms with Gasteiger partial charge in [-0.25, -0.2) is 24.7 Å². The van der Waals surface area contributed by atoms with Gasteiger partial charge in [-0.2, -0.15) is 0 Å². The SMILES string of the molecule is COc1ncc(NC(=O)C(=O)N2C[C@@H](C)CC[C@@H]2c2ccc(C)nc2)cc1C(N)=O.COc1ncc(NC(=O)C(=O)N2C[C@@H](C)CC[C@@H]2c2ccc(C)nc2)cc1C(N)=O.COc1ncc(NC(=O)C(=O)N2C[C@H](C)CC[C@H]2c2ccc(C)nc2)cc1C(N)=O.COc1ncc(NC(=O)C(=O)O)cc1C(N)=O.Cc1ccc([C@H]2CC[C@H](C)CN2)cn1. The van der Waals surface area contributed by atoms with Gasteiger partial charge in [-0.3, -0.25) is 72.7 Å². The molecule has 12 heterocycles. The summed E-state index contributed by atoms with van der Waals surface area (Å²) in [5.41, 5.74) is 29.4. The predicted molar refractivity (Wildman–Crippen MR) is 443 cm³/mol. The molecule has 8 aromatic heterocycles. The number of carboxylic acid groups (broad SMARTS) is 1. The monoisotopic (exact) mass is 1660 g/mol. The van der Waals surface area contributed by atoms with Crippen molar-refractivity contribution in [3.8, 4) is 23.5 Å². The molecular formula is C84H102N20O17. The second-order valence-corrected chi connectivity index (χ2v) is 29.7. The van der Waals surface area contributed by atoms with Crippen LogP contribution in [0.3, 0.4) is 0 Å². The summed E-state index contributed by atoms with van der Waals surface area (Å²) in [6.07, 6.45) is 20.0. The highest BCUT2D eigenvalue weighted by molar-refractivity contribution is 6.41. The number of methoxy groups -OCH3 is 4. The average Bonchev–Trinajstić information content (AvgIpc) is 0.819. The number of nitrogens with two attached hydrogens (primary N) is 4. The molecule has 4 aliphatic rings. The lowest BCUT2D eigenvalue weighted by molar-refractivity contribution is -0.147. The number of piperidine rings is 4. The van der Waals surface area contributed by atoms with Crippen LogP contribution < -0.4 is 68.5 Å². The fourth-order valence-corrected chi connectivity index (χ4v) is 13.7. The molecule has 0 aromatic carbocycles. The van der Waals surface area contributed by atoms with Gasteiger partial charge in [0.1, 0.15) is 22.3 Å². The number of aromatic nitrogens is 8. The van der Waals surface area contributed by atoms with E-state index in [4.69, 9.17) is 47.0 Å². The third kappa shape index (κ3) is 25.8. The minimum Gasteiger partial charge on any atom is -0.480 e. The number of hydrogen-bond donors (Lipinski definition) is 10. The summed E-state index contributed by atoms with van der Waals surface area (Å²) >= 11 is 0. The van der Waals surface area contributed by atoms with E-state index in [0.717, 1.165) is 96.7 Å². The van der Waals surface area contributed by atoms with Crippen LogP contribution in [0, 0.1) is 51.4 Å². The van der Waals surface area contributed by atoms with E-state index in [1.165, 1.54) is 89.7 Å². The van der Waals surface area contributed by atoms with Gasteiger partial charge in [-0.1, -0.05) is 52.0 Å². The second-order valence-electron chi connectivity index (χ2n) is 29.7. The number of carbonyl (C=O) groups excluding carboxylic acids is 11. The van der Waals surface area contributed by atoms with Gasteiger partial charge in [0.2, 0.25) is 23.5 Å². The molecule has 4 fully saturated rings. The Morgan fingerprint density at radius 2 is 0.612 bits per heavy atom. The summed E-state index contributed by atoms with van der Waals surface area (Å²) in [6, 6.07) is 20.8. The molecule has 0 unspecified atom stereocenters. The molecule has 0 bridgehead atoms. The lowest BCUT2D eigenvalue weighted by Crippen LogP contribution is -2.46. The van der Waals surface area contributed by atoms with E-state index in [1.54, 1.807) is 33.3 Å². The first-order chi connectivity index (χ1) is 57.6. The van der Waals surface area contributed by atoms with Crippen LogP contribution in [0.5, 0.6) is 23.5 Å². The number of aliphatic carboxylic acids is 1. The minimum absolute atomic E-state index is 0.00850. The fourth-order valence-electron chi connectivity index (χ4n) is 13.7. The molecule has 37 nitrogen and oxygen atoms in total.